The van der Waals surface area contributed by atoms with Crippen LogP contribution in [0.3, 0.4) is 0 Å². The Bertz CT molecular complexity index is 578. The number of primary amides is 1. The number of carbonyl (C=O) groups excluding carboxylic acids is 3. The molecule has 0 saturated carbocycles. The number of nitrogens with one attached hydrogen (secondary N) is 2. The molecule has 1 aromatic carbocycles. The van der Waals surface area contributed by atoms with Gasteiger partial charge in [0.15, 0.2) is 0 Å². The number of carbonyl (C=O) groups is 3. The molecule has 1 atom stereocenters. The van der Waals surface area contributed by atoms with Gasteiger partial charge in [0.05, 0.1) is 6.42 Å². The van der Waals surface area contributed by atoms with Crippen LogP contribution in [0.4, 0.5) is 0 Å². The molecule has 7 heteroatoms. The van der Waals surface area contributed by atoms with Gasteiger partial charge >= 0.3 is 0 Å². The maximum absolute atomic E-state index is 12.3. The number of rotatable bonds is 14. The molecule has 0 radical (unpaired) electrons. The van der Waals surface area contributed by atoms with Gasteiger partial charge in [-0.05, 0) is 31.5 Å². The van der Waals surface area contributed by atoms with Crippen molar-refractivity contribution < 1.29 is 14.4 Å². The van der Waals surface area contributed by atoms with E-state index in [0.29, 0.717) is 12.1 Å². The van der Waals surface area contributed by atoms with E-state index in [9.17, 15) is 14.4 Å². The van der Waals surface area contributed by atoms with E-state index in [2.05, 4.69) is 10.6 Å². The number of nitrogens with two attached hydrogens (primary N) is 2. The maximum atomic E-state index is 12.3. The summed E-state index contributed by atoms with van der Waals surface area (Å²) in [5.41, 5.74) is 11.1. The zero-order chi connectivity index (χ0) is 19.9. The van der Waals surface area contributed by atoms with Crippen LogP contribution in [0.25, 0.3) is 0 Å². The van der Waals surface area contributed by atoms with Gasteiger partial charge in [-0.25, -0.2) is 0 Å². The van der Waals surface area contributed by atoms with Crippen LogP contribution in [0, 0.1) is 0 Å². The average Bonchev–Trinajstić information content (AvgIpc) is 2.66. The summed E-state index contributed by atoms with van der Waals surface area (Å²) in [5.74, 6) is -1.43. The number of hydrogen-bond acceptors (Lipinski definition) is 4. The Kier molecular flexibility index (Phi) is 11.5. The molecule has 0 heterocycles. The Morgan fingerprint density at radius 1 is 0.889 bits per heavy atom. The van der Waals surface area contributed by atoms with E-state index in [1.54, 1.807) is 30.3 Å². The zero-order valence-electron chi connectivity index (χ0n) is 15.9. The van der Waals surface area contributed by atoms with E-state index >= 15 is 0 Å². The van der Waals surface area contributed by atoms with Crippen LogP contribution >= 0.6 is 0 Å². The molecule has 0 aromatic heterocycles. The summed E-state index contributed by atoms with van der Waals surface area (Å²) in [6.07, 6.45) is 7.38. The summed E-state index contributed by atoms with van der Waals surface area (Å²) < 4.78 is 0. The van der Waals surface area contributed by atoms with Gasteiger partial charge < -0.3 is 22.1 Å². The molecule has 1 unspecified atom stereocenters. The number of benzene rings is 1. The standard InChI is InChI=1S/C20H32N4O3/c21-13-9-4-2-1-3-5-10-14-23-20(27)17(15-18(22)25)24-19(26)16-11-7-6-8-12-16/h6-8,11-12,17H,1-5,9-10,13-15,21H2,(H2,22,25)(H,23,27)(H,24,26). The molecule has 3 amide bonds. The minimum absolute atomic E-state index is 0.231. The zero-order valence-corrected chi connectivity index (χ0v) is 15.9. The molecule has 0 aliphatic heterocycles. The summed E-state index contributed by atoms with van der Waals surface area (Å²) in [6, 6.07) is 7.57. The highest BCUT2D eigenvalue weighted by Crippen LogP contribution is 2.06. The van der Waals surface area contributed by atoms with Crippen molar-refractivity contribution in [2.45, 2.75) is 57.4 Å². The van der Waals surface area contributed by atoms with Crippen molar-refractivity contribution in [2.75, 3.05) is 13.1 Å². The van der Waals surface area contributed by atoms with E-state index in [1.807, 2.05) is 0 Å². The van der Waals surface area contributed by atoms with Crippen LogP contribution in [0.5, 0.6) is 0 Å². The van der Waals surface area contributed by atoms with E-state index in [1.165, 1.54) is 19.3 Å². The second kappa shape index (κ2) is 13.7. The van der Waals surface area contributed by atoms with Crippen molar-refractivity contribution in [1.82, 2.24) is 10.6 Å². The second-order valence-corrected chi connectivity index (χ2v) is 6.62. The van der Waals surface area contributed by atoms with Crippen molar-refractivity contribution in [3.8, 4) is 0 Å². The fraction of sp³-hybridized carbons (Fsp3) is 0.550. The Hall–Kier alpha value is -2.41. The molecular formula is C20H32N4O3. The van der Waals surface area contributed by atoms with Crippen molar-refractivity contribution in [1.29, 1.82) is 0 Å². The second-order valence-electron chi connectivity index (χ2n) is 6.62. The highest BCUT2D eigenvalue weighted by atomic mass is 16.2. The molecule has 0 aliphatic rings. The lowest BCUT2D eigenvalue weighted by molar-refractivity contribution is -0.126. The predicted molar refractivity (Wildman–Crippen MR) is 106 cm³/mol. The van der Waals surface area contributed by atoms with Gasteiger partial charge in [0, 0.05) is 12.1 Å². The molecule has 0 bridgehead atoms. The Morgan fingerprint density at radius 2 is 1.48 bits per heavy atom. The molecule has 0 fully saturated rings. The molecule has 0 spiro atoms. The highest BCUT2D eigenvalue weighted by molar-refractivity contribution is 5.98. The fourth-order valence-electron chi connectivity index (χ4n) is 2.73. The molecule has 0 aliphatic carbocycles. The Balaban J connectivity index is 2.33. The monoisotopic (exact) mass is 376 g/mol. The van der Waals surface area contributed by atoms with Gasteiger partial charge in [-0.15, -0.1) is 0 Å². The summed E-state index contributed by atoms with van der Waals surface area (Å²) in [5, 5.41) is 5.36. The summed E-state index contributed by atoms with van der Waals surface area (Å²) in [4.78, 5) is 35.8. The third kappa shape index (κ3) is 10.4. The lowest BCUT2D eigenvalue weighted by Crippen LogP contribution is -2.48. The van der Waals surface area contributed by atoms with E-state index in [-0.39, 0.29) is 12.3 Å². The third-order valence-corrected chi connectivity index (χ3v) is 4.24. The fourth-order valence-corrected chi connectivity index (χ4v) is 2.73. The van der Waals surface area contributed by atoms with Gasteiger partial charge in [0.1, 0.15) is 6.04 Å². The first-order chi connectivity index (χ1) is 13.0. The molecule has 150 valence electrons. The lowest BCUT2D eigenvalue weighted by Gasteiger charge is -2.17. The summed E-state index contributed by atoms with van der Waals surface area (Å²) >= 11 is 0. The molecule has 0 saturated heterocycles. The van der Waals surface area contributed by atoms with Crippen molar-refractivity contribution in [3.63, 3.8) is 0 Å². The van der Waals surface area contributed by atoms with E-state index in [4.69, 9.17) is 11.5 Å². The highest BCUT2D eigenvalue weighted by Gasteiger charge is 2.23. The lowest BCUT2D eigenvalue weighted by atomic mass is 10.1. The molecule has 7 nitrogen and oxygen atoms in total. The minimum Gasteiger partial charge on any atom is -0.370 e. The van der Waals surface area contributed by atoms with E-state index < -0.39 is 17.9 Å². The van der Waals surface area contributed by atoms with Crippen LogP contribution in [0.15, 0.2) is 30.3 Å². The van der Waals surface area contributed by atoms with Gasteiger partial charge in [0.2, 0.25) is 11.8 Å². The van der Waals surface area contributed by atoms with Crippen LogP contribution < -0.4 is 22.1 Å². The van der Waals surface area contributed by atoms with Crippen LogP contribution in [0.1, 0.15) is 61.7 Å². The van der Waals surface area contributed by atoms with E-state index in [0.717, 1.165) is 32.2 Å². The van der Waals surface area contributed by atoms with Crippen molar-refractivity contribution in [2.24, 2.45) is 11.5 Å². The number of unbranched alkanes of at least 4 members (excludes halogenated alkanes) is 6. The van der Waals surface area contributed by atoms with Crippen molar-refractivity contribution >= 4 is 17.7 Å². The van der Waals surface area contributed by atoms with Crippen LogP contribution in [-0.4, -0.2) is 36.9 Å². The third-order valence-electron chi connectivity index (χ3n) is 4.24. The maximum Gasteiger partial charge on any atom is 0.251 e. The largest absolute Gasteiger partial charge is 0.370 e. The Labute approximate surface area is 161 Å². The number of hydrogen-bond donors (Lipinski definition) is 4. The first kappa shape index (κ1) is 22.6. The average molecular weight is 377 g/mol. The first-order valence-electron chi connectivity index (χ1n) is 9.66. The first-order valence-corrected chi connectivity index (χ1v) is 9.66. The van der Waals surface area contributed by atoms with Gasteiger partial charge in [-0.3, -0.25) is 14.4 Å². The van der Waals surface area contributed by atoms with Crippen LogP contribution in [0.2, 0.25) is 0 Å². The molecular weight excluding hydrogens is 344 g/mol. The molecule has 6 N–H and O–H groups in total. The minimum atomic E-state index is -0.966. The van der Waals surface area contributed by atoms with Gasteiger partial charge in [-0.2, -0.15) is 0 Å². The van der Waals surface area contributed by atoms with Crippen molar-refractivity contribution in [3.05, 3.63) is 35.9 Å². The summed E-state index contributed by atoms with van der Waals surface area (Å²) in [7, 11) is 0. The van der Waals surface area contributed by atoms with Crippen LogP contribution in [-0.2, 0) is 9.59 Å². The quantitative estimate of drug-likeness (QED) is 0.367. The predicted octanol–water partition coefficient (Wildman–Crippen LogP) is 1.47. The number of amides is 3. The smallest absolute Gasteiger partial charge is 0.251 e. The Morgan fingerprint density at radius 3 is 2.07 bits per heavy atom. The normalized spacial score (nSPS) is 11.6. The SMILES string of the molecule is NCCCCCCCCCNC(=O)C(CC(N)=O)NC(=O)c1ccccc1. The summed E-state index contributed by atoms with van der Waals surface area (Å²) in [6.45, 7) is 1.26. The van der Waals surface area contributed by atoms with Gasteiger partial charge in [-0.1, -0.05) is 50.3 Å². The van der Waals surface area contributed by atoms with Gasteiger partial charge in [0.25, 0.3) is 5.91 Å². The molecule has 1 rings (SSSR count). The topological polar surface area (TPSA) is 127 Å². The molecule has 27 heavy (non-hydrogen) atoms. The molecule has 1 aromatic rings.